The molecule has 0 saturated heterocycles. The molecule has 0 radical (unpaired) electrons. The number of hydrogen-bond acceptors (Lipinski definition) is 8. The molecule has 0 aliphatic carbocycles. The van der Waals surface area contributed by atoms with Crippen LogP contribution in [-0.2, 0) is 13.1 Å². The highest BCUT2D eigenvalue weighted by atomic mass is 35.5. The predicted octanol–water partition coefficient (Wildman–Crippen LogP) is 8.39. The molecular weight excluding hydrogens is 681 g/mol. The summed E-state index contributed by atoms with van der Waals surface area (Å²) < 4.78 is 31.5. The smallest absolute Gasteiger partial charge is 0.176 e. The second-order valence-electron chi connectivity index (χ2n) is 10.9. The summed E-state index contributed by atoms with van der Waals surface area (Å²) in [6, 6.07) is 24.2. The zero-order valence-corrected chi connectivity index (χ0v) is 27.6. The molecule has 0 spiro atoms. The minimum atomic E-state index is -0.340. The highest BCUT2D eigenvalue weighted by Crippen LogP contribution is 2.29. The van der Waals surface area contributed by atoms with Gasteiger partial charge in [0.2, 0.25) is 0 Å². The van der Waals surface area contributed by atoms with E-state index in [-0.39, 0.29) is 11.6 Å². The van der Waals surface area contributed by atoms with Gasteiger partial charge in [0.1, 0.15) is 33.3 Å². The van der Waals surface area contributed by atoms with E-state index < -0.39 is 0 Å². The first kappa shape index (κ1) is 32.6. The predicted molar refractivity (Wildman–Crippen MR) is 190 cm³/mol. The summed E-state index contributed by atoms with van der Waals surface area (Å²) in [6.45, 7) is 1.11. The van der Waals surface area contributed by atoms with Gasteiger partial charge >= 0.3 is 0 Å². The average Bonchev–Trinajstić information content (AvgIpc) is 3.72. The van der Waals surface area contributed by atoms with Crippen LogP contribution in [0.15, 0.2) is 122 Å². The van der Waals surface area contributed by atoms with Gasteiger partial charge in [-0.15, -0.1) is 0 Å². The van der Waals surface area contributed by atoms with Gasteiger partial charge in [0, 0.05) is 61.1 Å². The van der Waals surface area contributed by atoms with Crippen molar-refractivity contribution in [2.75, 3.05) is 10.6 Å². The highest BCUT2D eigenvalue weighted by molar-refractivity contribution is 6.33. The molecule has 0 saturated carbocycles. The third-order valence-corrected chi connectivity index (χ3v) is 8.11. The summed E-state index contributed by atoms with van der Waals surface area (Å²) >= 11 is 12.4. The second kappa shape index (κ2) is 14.6. The lowest BCUT2D eigenvalue weighted by Gasteiger charge is -2.11. The Bertz CT molecular complexity index is 2230. The van der Waals surface area contributed by atoms with Crippen molar-refractivity contribution in [3.05, 3.63) is 155 Å². The summed E-state index contributed by atoms with van der Waals surface area (Å²) in [7, 11) is 0. The van der Waals surface area contributed by atoms with Crippen LogP contribution in [0, 0.1) is 11.6 Å². The van der Waals surface area contributed by atoms with Crippen LogP contribution in [0.25, 0.3) is 33.8 Å². The number of nitrogens with one attached hydrogen (secondary N) is 2. The van der Waals surface area contributed by atoms with Crippen LogP contribution in [0.2, 0.25) is 10.0 Å². The van der Waals surface area contributed by atoms with E-state index in [0.717, 1.165) is 11.1 Å². The maximum absolute atomic E-state index is 14.2. The first-order chi connectivity index (χ1) is 24.4. The SMILES string of the molecule is Fc1ccccc1-c1cc(NCc2cccnc2)n2ncc(Cl)c2n1.Fc1ccccc1-c1cc(NCc2ccncc2)n2ncc(Cl)c2n1. The van der Waals surface area contributed by atoms with Crippen molar-refractivity contribution >= 4 is 46.1 Å². The minimum absolute atomic E-state index is 0.338. The Kier molecular flexibility index (Phi) is 9.54. The van der Waals surface area contributed by atoms with Gasteiger partial charge in [0.05, 0.1) is 23.8 Å². The minimum Gasteiger partial charge on any atom is -0.366 e. The van der Waals surface area contributed by atoms with E-state index in [0.29, 0.717) is 68.6 Å². The van der Waals surface area contributed by atoms with Gasteiger partial charge in [-0.05, 0) is 53.6 Å². The van der Waals surface area contributed by atoms with Gasteiger partial charge in [0.15, 0.2) is 11.3 Å². The van der Waals surface area contributed by atoms with Gasteiger partial charge in [-0.1, -0.05) is 53.5 Å². The zero-order valence-electron chi connectivity index (χ0n) is 26.1. The number of aromatic nitrogens is 8. The molecule has 248 valence electrons. The zero-order chi connectivity index (χ0) is 34.5. The molecule has 0 atom stereocenters. The number of hydrogen-bond donors (Lipinski definition) is 2. The molecule has 0 fully saturated rings. The van der Waals surface area contributed by atoms with Crippen molar-refractivity contribution in [3.63, 3.8) is 0 Å². The molecule has 6 heterocycles. The van der Waals surface area contributed by atoms with Crippen LogP contribution in [0.1, 0.15) is 11.1 Å². The fraction of sp³-hybridized carbons (Fsp3) is 0.0556. The van der Waals surface area contributed by atoms with Crippen molar-refractivity contribution in [3.8, 4) is 22.5 Å². The third kappa shape index (κ3) is 7.07. The third-order valence-electron chi connectivity index (χ3n) is 7.58. The number of nitrogens with zero attached hydrogens (tertiary/aromatic N) is 8. The summed E-state index contributed by atoms with van der Waals surface area (Å²) in [4.78, 5) is 17.0. The van der Waals surface area contributed by atoms with E-state index in [1.807, 2.05) is 24.3 Å². The Labute approximate surface area is 294 Å². The maximum atomic E-state index is 14.2. The van der Waals surface area contributed by atoms with Gasteiger partial charge in [0.25, 0.3) is 0 Å². The van der Waals surface area contributed by atoms with E-state index in [2.05, 4.69) is 40.8 Å². The Balaban J connectivity index is 0.000000157. The van der Waals surface area contributed by atoms with E-state index in [1.54, 1.807) is 82.3 Å². The standard InChI is InChI=1S/2C18H13ClFN5/c19-14-11-23-25-17(22-10-12-4-3-7-21-9-12)8-16(24-18(14)25)13-5-1-2-6-15(13)20;19-14-11-23-25-17(22-10-12-5-7-21-8-6-12)9-16(24-18(14)25)13-3-1-2-4-15(13)20/h2*1-9,11,22H,10H2. The van der Waals surface area contributed by atoms with E-state index in [4.69, 9.17) is 23.2 Å². The molecular formula is C36H26Cl2F2N10. The van der Waals surface area contributed by atoms with Crippen molar-refractivity contribution < 1.29 is 8.78 Å². The Morgan fingerprint density at radius 2 is 1.08 bits per heavy atom. The summed E-state index contributed by atoms with van der Waals surface area (Å²) in [5.41, 5.74) is 4.81. The first-order valence-corrected chi connectivity index (χ1v) is 16.0. The van der Waals surface area contributed by atoms with Crippen LogP contribution < -0.4 is 10.6 Å². The molecule has 6 aromatic heterocycles. The number of benzene rings is 2. The van der Waals surface area contributed by atoms with Crippen molar-refractivity contribution in [1.82, 2.24) is 39.2 Å². The summed E-state index contributed by atoms with van der Waals surface area (Å²) in [6.07, 6.45) is 10.00. The monoisotopic (exact) mass is 706 g/mol. The first-order valence-electron chi connectivity index (χ1n) is 15.3. The lowest BCUT2D eigenvalue weighted by Crippen LogP contribution is -2.07. The fourth-order valence-corrected chi connectivity index (χ4v) is 5.46. The second-order valence-corrected chi connectivity index (χ2v) is 11.7. The van der Waals surface area contributed by atoms with Crippen LogP contribution >= 0.6 is 23.2 Å². The largest absolute Gasteiger partial charge is 0.366 e. The molecule has 0 aliphatic rings. The molecule has 0 bridgehead atoms. The molecule has 8 rings (SSSR count). The number of halogens is 4. The van der Waals surface area contributed by atoms with Gasteiger partial charge in [-0.3, -0.25) is 9.97 Å². The molecule has 0 unspecified atom stereocenters. The Morgan fingerprint density at radius 1 is 0.560 bits per heavy atom. The molecule has 2 N–H and O–H groups in total. The topological polar surface area (TPSA) is 110 Å². The van der Waals surface area contributed by atoms with E-state index in [9.17, 15) is 8.78 Å². The number of anilines is 2. The van der Waals surface area contributed by atoms with Crippen LogP contribution in [-0.4, -0.2) is 39.2 Å². The van der Waals surface area contributed by atoms with Crippen LogP contribution in [0.3, 0.4) is 0 Å². The Hall–Kier alpha value is -5.98. The van der Waals surface area contributed by atoms with Gasteiger partial charge < -0.3 is 10.6 Å². The molecule has 2 aromatic carbocycles. The van der Waals surface area contributed by atoms with Crippen molar-refractivity contribution in [2.45, 2.75) is 13.1 Å². The normalized spacial score (nSPS) is 11.0. The van der Waals surface area contributed by atoms with Crippen LogP contribution in [0.5, 0.6) is 0 Å². The molecule has 14 heteroatoms. The molecule has 0 aliphatic heterocycles. The molecule has 50 heavy (non-hydrogen) atoms. The van der Waals surface area contributed by atoms with Gasteiger partial charge in [-0.25, -0.2) is 18.7 Å². The average molecular weight is 708 g/mol. The van der Waals surface area contributed by atoms with Gasteiger partial charge in [-0.2, -0.15) is 19.2 Å². The van der Waals surface area contributed by atoms with E-state index >= 15 is 0 Å². The van der Waals surface area contributed by atoms with E-state index in [1.165, 1.54) is 24.5 Å². The highest BCUT2D eigenvalue weighted by Gasteiger charge is 2.15. The Morgan fingerprint density at radius 3 is 1.58 bits per heavy atom. The van der Waals surface area contributed by atoms with Crippen molar-refractivity contribution in [2.24, 2.45) is 0 Å². The summed E-state index contributed by atoms with van der Waals surface area (Å²) in [5.74, 6) is 0.661. The summed E-state index contributed by atoms with van der Waals surface area (Å²) in [5, 5.41) is 15.9. The lowest BCUT2D eigenvalue weighted by atomic mass is 10.1. The van der Waals surface area contributed by atoms with Crippen LogP contribution in [0.4, 0.5) is 20.4 Å². The number of rotatable bonds is 8. The number of fused-ring (bicyclic) bond motifs is 2. The molecule has 0 amide bonds. The lowest BCUT2D eigenvalue weighted by molar-refractivity contribution is 0.630. The quantitative estimate of drug-likeness (QED) is 0.162. The molecule has 10 nitrogen and oxygen atoms in total. The maximum Gasteiger partial charge on any atom is 0.176 e. The molecule has 8 aromatic rings. The van der Waals surface area contributed by atoms with Crippen molar-refractivity contribution in [1.29, 1.82) is 0 Å². The number of pyridine rings is 2. The fourth-order valence-electron chi connectivity index (χ4n) is 5.13.